The van der Waals surface area contributed by atoms with Gasteiger partial charge in [0.15, 0.2) is 17.3 Å². The molecule has 1 N–H and O–H groups in total. The number of allylic oxidation sites excluding steroid dienone is 1. The smallest absolute Gasteiger partial charge is 0.417 e. The van der Waals surface area contributed by atoms with Crippen molar-refractivity contribution in [3.63, 3.8) is 0 Å². The van der Waals surface area contributed by atoms with Gasteiger partial charge in [0.2, 0.25) is 0 Å². The number of amides is 1. The lowest BCUT2D eigenvalue weighted by atomic mass is 10.0. The van der Waals surface area contributed by atoms with Gasteiger partial charge in [-0.1, -0.05) is 17.7 Å². The summed E-state index contributed by atoms with van der Waals surface area (Å²) in [5.41, 5.74) is -0.157. The van der Waals surface area contributed by atoms with Crippen molar-refractivity contribution in [3.8, 4) is 11.5 Å². The third-order valence-corrected chi connectivity index (χ3v) is 3.87. The lowest BCUT2D eigenvalue weighted by Gasteiger charge is -2.15. The summed E-state index contributed by atoms with van der Waals surface area (Å²) in [6, 6.07) is 3.71. The zero-order valence-corrected chi connectivity index (χ0v) is 15.2. The van der Waals surface area contributed by atoms with E-state index in [1.54, 1.807) is 12.1 Å². The largest absolute Gasteiger partial charge is 0.493 e. The van der Waals surface area contributed by atoms with E-state index < -0.39 is 17.6 Å². The summed E-state index contributed by atoms with van der Waals surface area (Å²) in [4.78, 5) is 16.1. The molecule has 27 heavy (non-hydrogen) atoms. The van der Waals surface area contributed by atoms with Gasteiger partial charge < -0.3 is 14.8 Å². The van der Waals surface area contributed by atoms with Crippen LogP contribution in [-0.4, -0.2) is 25.1 Å². The number of aromatic nitrogens is 1. The first kappa shape index (κ1) is 20.6. The van der Waals surface area contributed by atoms with Gasteiger partial charge in [0.25, 0.3) is 5.91 Å². The molecule has 0 bridgehead atoms. The molecule has 0 aliphatic rings. The Balaban J connectivity index is 2.35. The average molecular weight is 401 g/mol. The van der Waals surface area contributed by atoms with Gasteiger partial charge in [0.1, 0.15) is 0 Å². The summed E-state index contributed by atoms with van der Waals surface area (Å²) in [5.74, 6) is -0.0155. The number of ether oxygens (including phenoxy) is 2. The van der Waals surface area contributed by atoms with Gasteiger partial charge >= 0.3 is 6.18 Å². The number of carbonyl (C=O) groups is 1. The third-order valence-electron chi connectivity index (χ3n) is 3.58. The van der Waals surface area contributed by atoms with Crippen LogP contribution in [-0.2, 0) is 12.6 Å². The zero-order chi connectivity index (χ0) is 20.2. The van der Waals surface area contributed by atoms with Gasteiger partial charge in [-0.25, -0.2) is 4.98 Å². The van der Waals surface area contributed by atoms with Crippen LogP contribution in [0.1, 0.15) is 21.5 Å². The van der Waals surface area contributed by atoms with Crippen LogP contribution in [0.4, 0.5) is 19.0 Å². The number of nitrogens with one attached hydrogen (secondary N) is 1. The van der Waals surface area contributed by atoms with Gasteiger partial charge in [0, 0.05) is 17.3 Å². The third kappa shape index (κ3) is 4.71. The number of pyridine rings is 1. The predicted molar refractivity (Wildman–Crippen MR) is 95.6 cm³/mol. The van der Waals surface area contributed by atoms with E-state index in [0.717, 1.165) is 0 Å². The van der Waals surface area contributed by atoms with Crippen LogP contribution < -0.4 is 14.8 Å². The van der Waals surface area contributed by atoms with Crippen molar-refractivity contribution in [3.05, 3.63) is 58.8 Å². The van der Waals surface area contributed by atoms with Gasteiger partial charge in [-0.3, -0.25) is 4.79 Å². The van der Waals surface area contributed by atoms with Gasteiger partial charge in [-0.2, -0.15) is 13.2 Å². The van der Waals surface area contributed by atoms with Crippen LogP contribution >= 0.6 is 11.6 Å². The van der Waals surface area contributed by atoms with Crippen molar-refractivity contribution >= 4 is 23.3 Å². The van der Waals surface area contributed by atoms with Crippen LogP contribution in [0.2, 0.25) is 5.02 Å². The molecule has 5 nitrogen and oxygen atoms in total. The average Bonchev–Trinajstić information content (AvgIpc) is 2.61. The first-order valence-electron chi connectivity index (χ1n) is 7.61. The maximum Gasteiger partial charge on any atom is 0.417 e. The van der Waals surface area contributed by atoms with E-state index in [0.29, 0.717) is 35.7 Å². The van der Waals surface area contributed by atoms with E-state index in [2.05, 4.69) is 16.9 Å². The maximum absolute atomic E-state index is 12.7. The Labute approximate surface area is 158 Å². The molecular formula is C18H16ClF3N2O3. The lowest BCUT2D eigenvalue weighted by Crippen LogP contribution is -2.15. The number of methoxy groups -OCH3 is 2. The van der Waals surface area contributed by atoms with Crippen molar-refractivity contribution in [1.29, 1.82) is 0 Å². The number of anilines is 1. The van der Waals surface area contributed by atoms with E-state index in [4.69, 9.17) is 21.1 Å². The molecule has 0 aliphatic heterocycles. The second kappa shape index (κ2) is 8.30. The van der Waals surface area contributed by atoms with Crippen LogP contribution in [0.5, 0.6) is 11.5 Å². The van der Waals surface area contributed by atoms with E-state index in [9.17, 15) is 18.0 Å². The number of nitrogens with zero attached hydrogens (tertiary/aromatic N) is 1. The van der Waals surface area contributed by atoms with E-state index in [1.807, 2.05) is 0 Å². The molecule has 1 aromatic carbocycles. The van der Waals surface area contributed by atoms with Crippen molar-refractivity contribution in [2.45, 2.75) is 12.6 Å². The molecule has 0 spiro atoms. The van der Waals surface area contributed by atoms with E-state index in [-0.39, 0.29) is 16.4 Å². The number of halogens is 4. The van der Waals surface area contributed by atoms with Gasteiger partial charge in [0.05, 0.1) is 24.8 Å². The Hall–Kier alpha value is -2.74. The van der Waals surface area contributed by atoms with Crippen LogP contribution in [0.25, 0.3) is 0 Å². The first-order chi connectivity index (χ1) is 12.7. The molecule has 0 atom stereocenters. The number of carbonyl (C=O) groups excluding carboxylic acids is 1. The summed E-state index contributed by atoms with van der Waals surface area (Å²) in [6.07, 6.45) is -1.94. The second-order valence-corrected chi connectivity index (χ2v) is 5.78. The van der Waals surface area contributed by atoms with Crippen molar-refractivity contribution in [2.24, 2.45) is 0 Å². The van der Waals surface area contributed by atoms with Crippen molar-refractivity contribution < 1.29 is 27.4 Å². The fraction of sp³-hybridized carbons (Fsp3) is 0.222. The Morgan fingerprint density at radius 1 is 1.30 bits per heavy atom. The monoisotopic (exact) mass is 400 g/mol. The van der Waals surface area contributed by atoms with Crippen molar-refractivity contribution in [2.75, 3.05) is 19.5 Å². The molecule has 2 rings (SSSR count). The normalized spacial score (nSPS) is 11.0. The molecule has 1 amide bonds. The number of hydrogen-bond donors (Lipinski definition) is 1. The van der Waals surface area contributed by atoms with Crippen LogP contribution in [0.15, 0.2) is 37.1 Å². The molecule has 1 heterocycles. The first-order valence-corrected chi connectivity index (χ1v) is 7.99. The van der Waals surface area contributed by atoms with Gasteiger partial charge in [-0.15, -0.1) is 6.58 Å². The molecule has 0 radical (unpaired) electrons. The second-order valence-electron chi connectivity index (χ2n) is 5.37. The lowest BCUT2D eigenvalue weighted by molar-refractivity contribution is -0.137. The molecule has 1 aromatic heterocycles. The molecule has 0 aliphatic carbocycles. The fourth-order valence-electron chi connectivity index (χ4n) is 2.35. The van der Waals surface area contributed by atoms with E-state index >= 15 is 0 Å². The molecular weight excluding hydrogens is 385 g/mol. The number of rotatable bonds is 6. The highest BCUT2D eigenvalue weighted by Gasteiger charge is 2.31. The summed E-state index contributed by atoms with van der Waals surface area (Å²) in [5, 5.41) is 2.06. The topological polar surface area (TPSA) is 60.5 Å². The fourth-order valence-corrected chi connectivity index (χ4v) is 2.56. The minimum atomic E-state index is -4.58. The molecule has 0 fully saturated rings. The summed E-state index contributed by atoms with van der Waals surface area (Å²) in [6.45, 7) is 3.65. The highest BCUT2D eigenvalue weighted by atomic mass is 35.5. The molecule has 0 saturated heterocycles. The highest BCUT2D eigenvalue weighted by Crippen LogP contribution is 2.34. The molecule has 2 aromatic rings. The zero-order valence-electron chi connectivity index (χ0n) is 14.5. The van der Waals surface area contributed by atoms with E-state index in [1.165, 1.54) is 20.3 Å². The number of hydrogen-bond acceptors (Lipinski definition) is 4. The number of alkyl halides is 3. The summed E-state index contributed by atoms with van der Waals surface area (Å²) in [7, 11) is 2.89. The Morgan fingerprint density at radius 3 is 2.52 bits per heavy atom. The standard InChI is InChI=1S/C18H16ClF3N2O3/c1-4-5-10-6-11(7-14(26-2)15(10)27-3)17(25)24-16-13(19)8-12(9-23-16)18(20,21)22/h4,6-9H,1,5H2,2-3H3,(H,23,24,25). The highest BCUT2D eigenvalue weighted by molar-refractivity contribution is 6.33. The summed E-state index contributed by atoms with van der Waals surface area (Å²) < 4.78 is 48.6. The quantitative estimate of drug-likeness (QED) is 0.711. The minimum absolute atomic E-state index is 0.185. The molecule has 9 heteroatoms. The van der Waals surface area contributed by atoms with Gasteiger partial charge in [-0.05, 0) is 24.6 Å². The SMILES string of the molecule is C=CCc1cc(C(=O)Nc2ncc(C(F)(F)F)cc2Cl)cc(OC)c1OC. The maximum atomic E-state index is 12.7. The molecule has 0 saturated carbocycles. The summed E-state index contributed by atoms with van der Waals surface area (Å²) >= 11 is 5.82. The molecule has 144 valence electrons. The van der Waals surface area contributed by atoms with Crippen molar-refractivity contribution in [1.82, 2.24) is 4.98 Å². The predicted octanol–water partition coefficient (Wildman–Crippen LogP) is 4.75. The van der Waals surface area contributed by atoms with Crippen LogP contribution in [0.3, 0.4) is 0 Å². The Bertz CT molecular complexity index is 870. The minimum Gasteiger partial charge on any atom is -0.493 e. The van der Waals surface area contributed by atoms with Crippen LogP contribution in [0, 0.1) is 0 Å². The number of benzene rings is 1. The Morgan fingerprint density at radius 2 is 2.00 bits per heavy atom. The Kier molecular flexibility index (Phi) is 6.32. The molecule has 0 unspecified atom stereocenters.